The lowest BCUT2D eigenvalue weighted by Gasteiger charge is -2.24. The van der Waals surface area contributed by atoms with Gasteiger partial charge in [0.1, 0.15) is 23.1 Å². The van der Waals surface area contributed by atoms with Crippen LogP contribution in [0, 0.1) is 62.1 Å². The number of benzene rings is 5. The molecule has 754 valence electrons. The smallest absolute Gasteiger partial charge is 0.303 e. The van der Waals surface area contributed by atoms with Gasteiger partial charge in [-0.25, -0.2) is 0 Å². The molecule has 13 nitrogen and oxygen atoms in total. The number of carbonyl (C=O) groups excluding carboxylic acids is 4. The van der Waals surface area contributed by atoms with Crippen molar-refractivity contribution in [1.82, 2.24) is 0 Å². The number of Topliss-reactive ketones (excluding diaryl/α,β-unsaturated/α-hetero) is 4. The van der Waals surface area contributed by atoms with Gasteiger partial charge in [-0.1, -0.05) is 324 Å². The lowest BCUT2D eigenvalue weighted by molar-refractivity contribution is -0.137. The minimum Gasteiger partial charge on any atom is -0.481 e. The minimum atomic E-state index is -0.844. The zero-order chi connectivity index (χ0) is 95.2. The topological polar surface area (TPSA) is 214 Å². The average molecular weight is 1820 g/mol. The first-order valence-corrected chi connectivity index (χ1v) is 46.2. The van der Waals surface area contributed by atoms with Crippen LogP contribution in [0.25, 0.3) is 0 Å². The Hall–Kier alpha value is -7.44. The fourth-order valence-electron chi connectivity index (χ4n) is 13.0. The van der Waals surface area contributed by atoms with Gasteiger partial charge >= 0.3 is 5.97 Å². The van der Waals surface area contributed by atoms with Crippen molar-refractivity contribution in [2.75, 3.05) is 54.9 Å². The number of methoxy groups -OCH3 is 4. The Bertz CT molecular complexity index is 3500. The summed E-state index contributed by atoms with van der Waals surface area (Å²) >= 11 is 0. The number of rotatable bonds is 37. The van der Waals surface area contributed by atoms with Crippen LogP contribution in [0.5, 0.6) is 0 Å². The maximum atomic E-state index is 11.5. The van der Waals surface area contributed by atoms with Gasteiger partial charge in [0.25, 0.3) is 0 Å². The van der Waals surface area contributed by atoms with E-state index in [2.05, 4.69) is 249 Å². The first-order chi connectivity index (χ1) is 57.1. The first kappa shape index (κ1) is 151. The maximum absolute atomic E-state index is 11.5. The highest BCUT2D eigenvalue weighted by Crippen LogP contribution is 2.33. The zero-order valence-electron chi connectivity index (χ0n) is 84.7. The predicted molar refractivity (Wildman–Crippen MR) is 573 cm³/mol. The van der Waals surface area contributed by atoms with E-state index in [0.29, 0.717) is 96.1 Å². The molecule has 5 aromatic rings. The van der Waals surface area contributed by atoms with Crippen LogP contribution in [0.2, 0.25) is 0 Å². The van der Waals surface area contributed by atoms with Crippen LogP contribution in [0.15, 0.2) is 84.9 Å². The SMILES string of the molecule is C.C.C.C.C.C.C.C.CC(C)(C#N)CCC(=O)O.CC(C)(C)c1ccc(C(C)(C)C)cc1.CC(C)c1ccc(C(C)C)cc1.CCC(=O)C(C)COC.CCC(=O)CCOC.CCc1c(CC)c(CC)c(CC)c(CC)c1CC.CCc1cc(CC)c(CC)cc1CC.CCc1ccc(CC)cc1.COCC(C)C(=O)CCC(C)(C)C#N.COCCC(=O)CCC(C)(C)C#N. The van der Waals surface area contributed by atoms with Crippen LogP contribution in [-0.2, 0) is 131 Å². The van der Waals surface area contributed by atoms with E-state index in [4.69, 9.17) is 39.8 Å². The van der Waals surface area contributed by atoms with Gasteiger partial charge in [-0.3, -0.25) is 24.0 Å². The van der Waals surface area contributed by atoms with E-state index in [0.717, 1.165) is 12.8 Å². The standard InChI is InChI=1S/C18H30.2C14H22.C12H18.C11H19NO2.C10H17NO2.C10H14.C7H11NO2.C7H14O2.C6H12O2.8CH4/c1-7-13-14(8-2)16(10-4)18(12-6)17(11-5)15(13)9-3;1-13(2,3)11-7-9-12(10-8-11)14(4,5)6;1-5-11-9-13(7-3)14(8-4)10-12(11)6-2;1-9(2)11-5-7-12(8-6-11)10(3)4;1-9(7-14-4)10(13)5-6-11(2,3)8-12;1-10(2,8-11)6-4-9(12)5-7-13-3;1-3-9-5-7-10(4-2)8-6-9;1-7(2,5-8)4-3-6(9)10;1-4-7(8)6(2)5-9-3;1-3-6(7)4-5-8-2;;;;;;;;/h7-12H2,1-6H3;7-10H,1-6H3;9-10H,5-8H2,1-4H3;5-10H,1-4H3;9H,5-7H2,1-4H3;4-7H2,1-3H3;5-8H,3-4H2,1-2H3;3-4H2,1-2H3,(H,9,10);6H,4-5H2,1-3H3;3-5H2,1-2H3;8*1H4. The van der Waals surface area contributed by atoms with E-state index in [1.54, 1.807) is 97.9 Å². The Kier molecular flexibility index (Phi) is 98.1. The normalized spacial score (nSPS) is 10.7. The van der Waals surface area contributed by atoms with Gasteiger partial charge in [-0.2, -0.15) is 15.8 Å². The lowest BCUT2D eigenvalue weighted by atomic mass is 9.81. The summed E-state index contributed by atoms with van der Waals surface area (Å²) in [7, 11) is 6.37. The summed E-state index contributed by atoms with van der Waals surface area (Å²) in [6, 6.07) is 38.0. The van der Waals surface area contributed by atoms with E-state index < -0.39 is 16.8 Å². The second-order valence-electron chi connectivity index (χ2n) is 36.2. The van der Waals surface area contributed by atoms with Gasteiger partial charge in [0.15, 0.2) is 0 Å². The van der Waals surface area contributed by atoms with E-state index in [-0.39, 0.29) is 117 Å². The van der Waals surface area contributed by atoms with E-state index in [1.807, 2.05) is 61.5 Å². The van der Waals surface area contributed by atoms with Crippen molar-refractivity contribution in [2.45, 2.75) is 445 Å². The number of nitrogens with zero attached hydrogens (tertiary/aromatic N) is 3. The van der Waals surface area contributed by atoms with Crippen LogP contribution in [0.1, 0.15) is 446 Å². The molecule has 0 aliphatic rings. The van der Waals surface area contributed by atoms with Crippen LogP contribution < -0.4 is 0 Å². The summed E-state index contributed by atoms with van der Waals surface area (Å²) in [4.78, 5) is 54.0. The van der Waals surface area contributed by atoms with E-state index in [9.17, 15) is 24.0 Å². The zero-order valence-corrected chi connectivity index (χ0v) is 84.7. The second kappa shape index (κ2) is 84.5. The molecule has 13 heteroatoms. The van der Waals surface area contributed by atoms with Crippen molar-refractivity contribution in [2.24, 2.45) is 28.1 Å². The molecule has 5 aromatic carbocycles. The summed E-state index contributed by atoms with van der Waals surface area (Å²) in [5.74, 6) is 1.35. The summed E-state index contributed by atoms with van der Waals surface area (Å²) in [6.07, 6.45) is 19.0. The molecule has 0 saturated heterocycles. The monoisotopic (exact) mass is 1820 g/mol. The number of carboxylic acid groups (broad SMARTS) is 1. The van der Waals surface area contributed by atoms with Crippen LogP contribution >= 0.6 is 0 Å². The number of aryl methyl sites for hydroxylation is 6. The molecule has 0 fully saturated rings. The fourth-order valence-corrected chi connectivity index (χ4v) is 13.0. The van der Waals surface area contributed by atoms with E-state index in [1.165, 1.54) is 97.6 Å². The summed E-state index contributed by atoms with van der Waals surface area (Å²) < 4.78 is 19.2. The molecule has 2 atom stereocenters. The summed E-state index contributed by atoms with van der Waals surface area (Å²) in [5, 5.41) is 34.2. The predicted octanol–water partition coefficient (Wildman–Crippen LogP) is 32.9. The van der Waals surface area contributed by atoms with Crippen LogP contribution in [-0.4, -0.2) is 89.1 Å². The van der Waals surface area contributed by atoms with Gasteiger partial charge in [-0.05, 0) is 250 Å². The molecule has 0 bridgehead atoms. The van der Waals surface area contributed by atoms with Crippen molar-refractivity contribution in [3.63, 3.8) is 0 Å². The summed E-state index contributed by atoms with van der Waals surface area (Å²) in [6.45, 7) is 70.0. The molecule has 2 unspecified atom stereocenters. The molecule has 130 heavy (non-hydrogen) atoms. The van der Waals surface area contributed by atoms with Gasteiger partial charge in [-0.15, -0.1) is 0 Å². The fraction of sp³-hybridized carbons (Fsp3) is 0.675. The molecule has 1 N–H and O–H groups in total. The molecule has 0 saturated carbocycles. The first-order valence-electron chi connectivity index (χ1n) is 46.2. The molecule has 0 aliphatic heterocycles. The second-order valence-corrected chi connectivity index (χ2v) is 36.2. The van der Waals surface area contributed by atoms with Crippen LogP contribution in [0.3, 0.4) is 0 Å². The minimum absolute atomic E-state index is 0. The Balaban J connectivity index is -0.000000106. The third-order valence-electron chi connectivity index (χ3n) is 21.8. The van der Waals surface area contributed by atoms with Gasteiger partial charge in [0, 0.05) is 85.2 Å². The number of nitriles is 3. The highest BCUT2D eigenvalue weighted by molar-refractivity contribution is 5.81. The third kappa shape index (κ3) is 67.7. The molecular formula is C117H211N3O10. The molecular weight excluding hydrogens is 1610 g/mol. The van der Waals surface area contributed by atoms with Gasteiger partial charge in [0.05, 0.1) is 60.9 Å². The average Bonchev–Trinajstić information content (AvgIpc) is 0.773. The number of carbonyl (C=O) groups is 5. The number of ether oxygens (including phenoxy) is 4. The number of aliphatic carboxylic acids is 1. The number of ketones is 4. The number of carboxylic acids is 1. The Labute approximate surface area is 808 Å². The largest absolute Gasteiger partial charge is 0.481 e. The molecule has 0 heterocycles. The molecule has 0 spiro atoms. The van der Waals surface area contributed by atoms with Crippen LogP contribution in [0.4, 0.5) is 0 Å². The Morgan fingerprint density at radius 1 is 0.323 bits per heavy atom. The van der Waals surface area contributed by atoms with E-state index >= 15 is 0 Å². The third-order valence-corrected chi connectivity index (χ3v) is 21.8. The molecule has 0 amide bonds. The highest BCUT2D eigenvalue weighted by Gasteiger charge is 2.24. The molecule has 0 radical (unpaired) electrons. The van der Waals surface area contributed by atoms with Gasteiger partial charge < -0.3 is 24.1 Å². The maximum Gasteiger partial charge on any atom is 0.303 e. The Morgan fingerprint density at radius 2 is 0.577 bits per heavy atom. The molecule has 5 rings (SSSR count). The van der Waals surface area contributed by atoms with Crippen molar-refractivity contribution in [1.29, 1.82) is 15.8 Å². The molecule has 0 aliphatic carbocycles. The quantitative estimate of drug-likeness (QED) is 0.0392. The van der Waals surface area contributed by atoms with Crippen molar-refractivity contribution >= 4 is 29.1 Å². The van der Waals surface area contributed by atoms with Crippen molar-refractivity contribution in [3.05, 3.63) is 174 Å². The number of hydrogen-bond donors (Lipinski definition) is 1. The molecule has 0 aromatic heterocycles. The summed E-state index contributed by atoms with van der Waals surface area (Å²) in [5.41, 5.74) is 23.9. The number of hydrogen-bond acceptors (Lipinski definition) is 12. The van der Waals surface area contributed by atoms with Crippen molar-refractivity contribution < 1.29 is 48.0 Å². The van der Waals surface area contributed by atoms with Gasteiger partial charge in [0.2, 0.25) is 0 Å². The Morgan fingerprint density at radius 3 is 0.777 bits per heavy atom. The lowest BCUT2D eigenvalue weighted by Crippen LogP contribution is -2.19. The highest BCUT2D eigenvalue weighted by atomic mass is 16.5. The van der Waals surface area contributed by atoms with Crippen molar-refractivity contribution in [3.8, 4) is 18.2 Å².